The largest absolute Gasteiger partial charge is 0.480 e. The predicted octanol–water partition coefficient (Wildman–Crippen LogP) is -0.850. The van der Waals surface area contributed by atoms with E-state index in [-0.39, 0.29) is 19.5 Å². The number of likely N-dealkylation sites (tertiary alicyclic amines) is 1. The lowest BCUT2D eigenvalue weighted by Gasteiger charge is -2.21. The lowest BCUT2D eigenvalue weighted by molar-refractivity contribution is -0.141. The van der Waals surface area contributed by atoms with Crippen LogP contribution in [0.5, 0.6) is 0 Å². The number of aliphatic hydroxyl groups is 1. The summed E-state index contributed by atoms with van der Waals surface area (Å²) in [6.07, 6.45) is -0.396. The van der Waals surface area contributed by atoms with Crippen molar-refractivity contribution >= 4 is 12.0 Å². The molecule has 20 heavy (non-hydrogen) atoms. The van der Waals surface area contributed by atoms with Crippen molar-refractivity contribution in [2.24, 2.45) is 0 Å². The SMILES string of the molecule is Cc1noc(CCNC(=O)N2CC(O)CC2C(=O)O)n1. The fraction of sp³-hybridized carbons (Fsp3) is 0.636. The van der Waals surface area contributed by atoms with Gasteiger partial charge in [0, 0.05) is 25.9 Å². The van der Waals surface area contributed by atoms with Gasteiger partial charge in [0.05, 0.1) is 6.10 Å². The molecule has 0 bridgehead atoms. The van der Waals surface area contributed by atoms with Crippen molar-refractivity contribution in [3.05, 3.63) is 11.7 Å². The number of nitrogens with one attached hydrogen (secondary N) is 1. The summed E-state index contributed by atoms with van der Waals surface area (Å²) < 4.78 is 4.89. The second-order valence-electron chi connectivity index (χ2n) is 4.61. The quantitative estimate of drug-likeness (QED) is 0.656. The summed E-state index contributed by atoms with van der Waals surface area (Å²) >= 11 is 0. The lowest BCUT2D eigenvalue weighted by Crippen LogP contribution is -2.46. The smallest absolute Gasteiger partial charge is 0.326 e. The molecule has 2 atom stereocenters. The summed E-state index contributed by atoms with van der Waals surface area (Å²) in [5, 5.41) is 24.6. The van der Waals surface area contributed by atoms with Gasteiger partial charge in [0.2, 0.25) is 5.89 Å². The minimum absolute atomic E-state index is 0.0163. The Hall–Kier alpha value is -2.16. The maximum Gasteiger partial charge on any atom is 0.326 e. The summed E-state index contributed by atoms with van der Waals surface area (Å²) in [6.45, 7) is 1.95. The molecule has 0 spiro atoms. The van der Waals surface area contributed by atoms with Crippen LogP contribution in [0.2, 0.25) is 0 Å². The maximum absolute atomic E-state index is 11.9. The molecule has 0 aliphatic carbocycles. The molecule has 1 aromatic rings. The number of rotatable bonds is 4. The number of β-amino-alcohol motifs (C(OH)–C–C–N with tert-alkyl or cyclic N) is 1. The molecular weight excluding hydrogens is 268 g/mol. The van der Waals surface area contributed by atoms with Gasteiger partial charge in [0.25, 0.3) is 0 Å². The third kappa shape index (κ3) is 3.23. The van der Waals surface area contributed by atoms with Crippen molar-refractivity contribution in [1.29, 1.82) is 0 Å². The first-order chi connectivity index (χ1) is 9.47. The number of carbonyl (C=O) groups is 2. The van der Waals surface area contributed by atoms with E-state index in [1.165, 1.54) is 0 Å². The van der Waals surface area contributed by atoms with Crippen LogP contribution < -0.4 is 5.32 Å². The molecule has 110 valence electrons. The molecule has 1 aliphatic heterocycles. The number of urea groups is 1. The average molecular weight is 284 g/mol. The number of aromatic nitrogens is 2. The first-order valence-electron chi connectivity index (χ1n) is 6.22. The average Bonchev–Trinajstić information content (AvgIpc) is 2.95. The molecule has 0 radical (unpaired) electrons. The fourth-order valence-corrected chi connectivity index (χ4v) is 2.09. The summed E-state index contributed by atoms with van der Waals surface area (Å²) in [5.74, 6) is -0.205. The second kappa shape index (κ2) is 5.87. The monoisotopic (exact) mass is 284 g/mol. The zero-order valence-electron chi connectivity index (χ0n) is 10.9. The van der Waals surface area contributed by atoms with Gasteiger partial charge in [0.1, 0.15) is 6.04 Å². The van der Waals surface area contributed by atoms with E-state index in [2.05, 4.69) is 15.5 Å². The van der Waals surface area contributed by atoms with E-state index < -0.39 is 24.1 Å². The van der Waals surface area contributed by atoms with E-state index in [0.717, 1.165) is 4.90 Å². The van der Waals surface area contributed by atoms with E-state index >= 15 is 0 Å². The van der Waals surface area contributed by atoms with Gasteiger partial charge in [-0.3, -0.25) is 0 Å². The minimum atomic E-state index is -1.12. The van der Waals surface area contributed by atoms with Gasteiger partial charge in [-0.1, -0.05) is 5.16 Å². The molecule has 9 nitrogen and oxygen atoms in total. The number of nitrogens with zero attached hydrogens (tertiary/aromatic N) is 3. The Morgan fingerprint density at radius 3 is 2.90 bits per heavy atom. The second-order valence-corrected chi connectivity index (χ2v) is 4.61. The van der Waals surface area contributed by atoms with E-state index in [1.54, 1.807) is 6.92 Å². The van der Waals surface area contributed by atoms with Crippen molar-refractivity contribution in [1.82, 2.24) is 20.4 Å². The van der Waals surface area contributed by atoms with Crippen LogP contribution in [0.4, 0.5) is 4.79 Å². The number of aliphatic carboxylic acids is 1. The lowest BCUT2D eigenvalue weighted by atomic mass is 10.2. The van der Waals surface area contributed by atoms with E-state index in [0.29, 0.717) is 18.1 Å². The topological polar surface area (TPSA) is 129 Å². The van der Waals surface area contributed by atoms with Crippen LogP contribution in [-0.2, 0) is 11.2 Å². The first kappa shape index (κ1) is 14.3. The Kier molecular flexibility index (Phi) is 4.18. The van der Waals surface area contributed by atoms with Gasteiger partial charge in [-0.2, -0.15) is 4.98 Å². The van der Waals surface area contributed by atoms with Crippen LogP contribution in [0.15, 0.2) is 4.52 Å². The van der Waals surface area contributed by atoms with Gasteiger partial charge >= 0.3 is 12.0 Å². The van der Waals surface area contributed by atoms with Crippen LogP contribution >= 0.6 is 0 Å². The molecule has 2 heterocycles. The molecule has 1 aromatic heterocycles. The van der Waals surface area contributed by atoms with Gasteiger partial charge in [-0.05, 0) is 6.92 Å². The number of carboxylic acids is 1. The molecule has 0 saturated carbocycles. The van der Waals surface area contributed by atoms with Crippen LogP contribution in [0.1, 0.15) is 18.1 Å². The Bertz CT molecular complexity index is 503. The van der Waals surface area contributed by atoms with Gasteiger partial charge in [-0.25, -0.2) is 9.59 Å². The Labute approximate surface area is 114 Å². The van der Waals surface area contributed by atoms with Gasteiger partial charge in [-0.15, -0.1) is 0 Å². The highest BCUT2D eigenvalue weighted by Crippen LogP contribution is 2.17. The van der Waals surface area contributed by atoms with Crippen LogP contribution in [-0.4, -0.2) is 62.5 Å². The van der Waals surface area contributed by atoms with Crippen molar-refractivity contribution in [3.8, 4) is 0 Å². The van der Waals surface area contributed by atoms with Gasteiger partial charge in [0.15, 0.2) is 5.82 Å². The Balaban J connectivity index is 1.83. The fourth-order valence-electron chi connectivity index (χ4n) is 2.09. The summed E-state index contributed by atoms with van der Waals surface area (Å²) in [7, 11) is 0. The normalized spacial score (nSPS) is 22.0. The Morgan fingerprint density at radius 1 is 1.55 bits per heavy atom. The molecule has 1 saturated heterocycles. The number of aryl methyl sites for hydroxylation is 1. The van der Waals surface area contributed by atoms with Crippen molar-refractivity contribution in [3.63, 3.8) is 0 Å². The highest BCUT2D eigenvalue weighted by atomic mass is 16.5. The summed E-state index contributed by atoms with van der Waals surface area (Å²) in [5.41, 5.74) is 0. The predicted molar refractivity (Wildman–Crippen MR) is 64.9 cm³/mol. The highest BCUT2D eigenvalue weighted by molar-refractivity contribution is 5.83. The Morgan fingerprint density at radius 2 is 2.30 bits per heavy atom. The van der Waals surface area contributed by atoms with Crippen molar-refractivity contribution in [2.45, 2.75) is 31.9 Å². The number of hydrogen-bond acceptors (Lipinski definition) is 6. The molecule has 1 fully saturated rings. The van der Waals surface area contributed by atoms with Crippen LogP contribution in [0.25, 0.3) is 0 Å². The number of carbonyl (C=O) groups excluding carboxylic acids is 1. The van der Waals surface area contributed by atoms with Crippen LogP contribution in [0, 0.1) is 6.92 Å². The standard InChI is InChI=1S/C11H16N4O5/c1-6-13-9(20-14-6)2-3-12-11(19)15-5-7(16)4-8(15)10(17)18/h7-8,16H,2-5H2,1H3,(H,12,19)(H,17,18). The van der Waals surface area contributed by atoms with Gasteiger partial charge < -0.3 is 25.0 Å². The van der Waals surface area contributed by atoms with Crippen molar-refractivity contribution < 1.29 is 24.3 Å². The zero-order valence-corrected chi connectivity index (χ0v) is 10.9. The molecule has 2 unspecified atom stereocenters. The first-order valence-corrected chi connectivity index (χ1v) is 6.22. The molecule has 0 aromatic carbocycles. The highest BCUT2D eigenvalue weighted by Gasteiger charge is 2.38. The summed E-state index contributed by atoms with van der Waals surface area (Å²) in [4.78, 5) is 28.0. The van der Waals surface area contributed by atoms with E-state index in [1.807, 2.05) is 0 Å². The van der Waals surface area contributed by atoms with Crippen LogP contribution in [0.3, 0.4) is 0 Å². The third-order valence-corrected chi connectivity index (χ3v) is 3.01. The number of hydrogen-bond donors (Lipinski definition) is 3. The maximum atomic E-state index is 11.9. The van der Waals surface area contributed by atoms with E-state index in [9.17, 15) is 14.7 Å². The third-order valence-electron chi connectivity index (χ3n) is 3.01. The number of amides is 2. The van der Waals surface area contributed by atoms with Crippen molar-refractivity contribution in [2.75, 3.05) is 13.1 Å². The number of aliphatic hydroxyl groups excluding tert-OH is 1. The molecule has 9 heteroatoms. The molecule has 1 aliphatic rings. The zero-order chi connectivity index (χ0) is 14.7. The number of carboxylic acid groups (broad SMARTS) is 1. The van der Waals surface area contributed by atoms with E-state index in [4.69, 9.17) is 9.63 Å². The molecule has 3 N–H and O–H groups in total. The minimum Gasteiger partial charge on any atom is -0.480 e. The molecular formula is C11H16N4O5. The summed E-state index contributed by atoms with van der Waals surface area (Å²) in [6, 6.07) is -1.51. The molecule has 2 rings (SSSR count). The molecule has 2 amide bonds.